The number of unbranched alkanes of at least 4 members (excludes halogenated alkanes) is 8. The summed E-state index contributed by atoms with van der Waals surface area (Å²) in [6.07, 6.45) is 11.6. The molecule has 28 heavy (non-hydrogen) atoms. The number of hydrogen-bond donors (Lipinski definition) is 0. The van der Waals surface area contributed by atoms with Gasteiger partial charge < -0.3 is 9.47 Å². The van der Waals surface area contributed by atoms with Gasteiger partial charge in [0.05, 0.1) is 7.11 Å². The molecule has 3 nitrogen and oxygen atoms in total. The van der Waals surface area contributed by atoms with E-state index in [0.717, 1.165) is 26.4 Å². The molecule has 160 valence electrons. The van der Waals surface area contributed by atoms with Crippen molar-refractivity contribution < 1.29 is 27.4 Å². The second-order valence-electron chi connectivity index (χ2n) is 7.12. The summed E-state index contributed by atoms with van der Waals surface area (Å²) in [4.78, 5) is 12.2. The van der Waals surface area contributed by atoms with Gasteiger partial charge in [0.15, 0.2) is 17.4 Å². The molecule has 1 aromatic rings. The van der Waals surface area contributed by atoms with Gasteiger partial charge in [-0.05, 0) is 25.3 Å². The molecule has 0 aliphatic rings. The highest BCUT2D eigenvalue weighted by Crippen LogP contribution is 2.28. The van der Waals surface area contributed by atoms with Gasteiger partial charge in [-0.15, -0.1) is 0 Å². The highest BCUT2D eigenvalue weighted by Gasteiger charge is 2.26. The summed E-state index contributed by atoms with van der Waals surface area (Å²) in [6.45, 7) is 4.07. The van der Waals surface area contributed by atoms with Gasteiger partial charge >= 0.3 is 5.97 Å². The van der Waals surface area contributed by atoms with Gasteiger partial charge in [-0.2, -0.15) is 4.39 Å². The lowest BCUT2D eigenvalue weighted by molar-refractivity contribution is 0.0260. The van der Waals surface area contributed by atoms with Gasteiger partial charge in [-0.3, -0.25) is 0 Å². The van der Waals surface area contributed by atoms with Crippen molar-refractivity contribution in [3.8, 4) is 5.75 Å². The van der Waals surface area contributed by atoms with Crippen LogP contribution in [-0.4, -0.2) is 19.2 Å². The Labute approximate surface area is 166 Å². The van der Waals surface area contributed by atoms with E-state index in [4.69, 9.17) is 4.74 Å². The first-order chi connectivity index (χ1) is 13.5. The first-order valence-corrected chi connectivity index (χ1v) is 10.4. The third-order valence-electron chi connectivity index (χ3n) is 4.90. The van der Waals surface area contributed by atoms with Gasteiger partial charge in [0.2, 0.25) is 5.82 Å². The van der Waals surface area contributed by atoms with Gasteiger partial charge in [-0.1, -0.05) is 65.2 Å². The molecule has 0 amide bonds. The number of halogens is 3. The van der Waals surface area contributed by atoms with E-state index >= 15 is 0 Å². The van der Waals surface area contributed by atoms with Crippen LogP contribution in [0.5, 0.6) is 5.75 Å². The average Bonchev–Trinajstić information content (AvgIpc) is 2.68. The predicted molar refractivity (Wildman–Crippen MR) is 104 cm³/mol. The molecule has 0 fully saturated rings. The van der Waals surface area contributed by atoms with Gasteiger partial charge in [0, 0.05) is 0 Å². The van der Waals surface area contributed by atoms with E-state index < -0.39 is 34.7 Å². The van der Waals surface area contributed by atoms with Gasteiger partial charge in [0.25, 0.3) is 0 Å². The van der Waals surface area contributed by atoms with E-state index in [-0.39, 0.29) is 6.10 Å². The van der Waals surface area contributed by atoms with E-state index in [0.29, 0.717) is 18.9 Å². The standard InChI is InChI=1S/C22H33F3O3/c1-4-6-7-8-9-10-11-12-13-14-16(5-2)28-22(26)17-15-18(23)20(25)21(27-3)19(17)24/h15-16H,4-14H2,1-3H3. The lowest BCUT2D eigenvalue weighted by Gasteiger charge is -2.17. The van der Waals surface area contributed by atoms with Crippen LogP contribution in [0.25, 0.3) is 0 Å². The van der Waals surface area contributed by atoms with Crippen LogP contribution < -0.4 is 4.74 Å². The topological polar surface area (TPSA) is 35.5 Å². The molecule has 0 bridgehead atoms. The third-order valence-corrected chi connectivity index (χ3v) is 4.90. The molecule has 0 aromatic heterocycles. The lowest BCUT2D eigenvalue weighted by Crippen LogP contribution is -2.19. The number of rotatable bonds is 14. The maximum atomic E-state index is 14.2. The quantitative estimate of drug-likeness (QED) is 0.191. The molecular formula is C22H33F3O3. The summed E-state index contributed by atoms with van der Waals surface area (Å²) in [5, 5.41) is 0. The average molecular weight is 402 g/mol. The number of esters is 1. The molecule has 6 heteroatoms. The maximum Gasteiger partial charge on any atom is 0.341 e. The number of carbonyl (C=O) groups is 1. The number of methoxy groups -OCH3 is 1. The summed E-state index contributed by atoms with van der Waals surface area (Å²) < 4.78 is 51.1. The fraction of sp³-hybridized carbons (Fsp3) is 0.682. The van der Waals surface area contributed by atoms with E-state index in [1.807, 2.05) is 6.92 Å². The number of ether oxygens (including phenoxy) is 2. The summed E-state index contributed by atoms with van der Waals surface area (Å²) >= 11 is 0. The first-order valence-electron chi connectivity index (χ1n) is 10.4. The zero-order valence-corrected chi connectivity index (χ0v) is 17.3. The molecule has 1 rings (SSSR count). The third kappa shape index (κ3) is 7.72. The molecule has 0 N–H and O–H groups in total. The summed E-state index contributed by atoms with van der Waals surface area (Å²) in [7, 11) is 1.01. The Morgan fingerprint density at radius 3 is 2.04 bits per heavy atom. The van der Waals surface area contributed by atoms with E-state index in [9.17, 15) is 18.0 Å². The van der Waals surface area contributed by atoms with Crippen LogP contribution in [0.3, 0.4) is 0 Å². The monoisotopic (exact) mass is 402 g/mol. The fourth-order valence-electron chi connectivity index (χ4n) is 3.15. The minimum atomic E-state index is -1.46. The largest absolute Gasteiger partial charge is 0.491 e. The predicted octanol–water partition coefficient (Wildman–Crippen LogP) is 6.97. The molecule has 0 spiro atoms. The Balaban J connectivity index is 2.44. The van der Waals surface area contributed by atoms with E-state index in [2.05, 4.69) is 11.7 Å². The molecular weight excluding hydrogens is 369 g/mol. The fourth-order valence-corrected chi connectivity index (χ4v) is 3.15. The Morgan fingerprint density at radius 1 is 0.929 bits per heavy atom. The molecule has 1 unspecified atom stereocenters. The summed E-state index contributed by atoms with van der Waals surface area (Å²) in [5.74, 6) is -5.98. The number of carbonyl (C=O) groups excluding carboxylic acids is 1. The normalized spacial score (nSPS) is 12.1. The molecule has 0 saturated heterocycles. The lowest BCUT2D eigenvalue weighted by atomic mass is 10.0. The summed E-state index contributed by atoms with van der Waals surface area (Å²) in [6, 6.07) is 0.515. The molecule has 0 radical (unpaired) electrons. The van der Waals surface area contributed by atoms with E-state index in [1.54, 1.807) is 0 Å². The number of benzene rings is 1. The van der Waals surface area contributed by atoms with Crippen LogP contribution in [-0.2, 0) is 4.74 Å². The Bertz CT molecular complexity index is 605. The summed E-state index contributed by atoms with van der Waals surface area (Å²) in [5.41, 5.74) is -0.652. The Morgan fingerprint density at radius 2 is 1.50 bits per heavy atom. The molecule has 1 aromatic carbocycles. The Kier molecular flexibility index (Phi) is 11.7. The van der Waals surface area contributed by atoms with Gasteiger partial charge in [-0.25, -0.2) is 13.6 Å². The van der Waals surface area contributed by atoms with Crippen molar-refractivity contribution in [3.05, 3.63) is 29.1 Å². The number of hydrogen-bond acceptors (Lipinski definition) is 3. The van der Waals surface area contributed by atoms with Gasteiger partial charge in [0.1, 0.15) is 11.7 Å². The van der Waals surface area contributed by atoms with Crippen molar-refractivity contribution in [2.75, 3.05) is 7.11 Å². The van der Waals surface area contributed by atoms with Crippen molar-refractivity contribution >= 4 is 5.97 Å². The van der Waals surface area contributed by atoms with Crippen LogP contribution >= 0.6 is 0 Å². The second kappa shape index (κ2) is 13.5. The van der Waals surface area contributed by atoms with E-state index in [1.165, 1.54) is 38.5 Å². The first kappa shape index (κ1) is 24.3. The minimum Gasteiger partial charge on any atom is -0.491 e. The molecule has 0 heterocycles. The van der Waals surface area contributed by atoms with Crippen molar-refractivity contribution in [2.45, 2.75) is 90.6 Å². The highest BCUT2D eigenvalue weighted by atomic mass is 19.2. The van der Waals surface area contributed by atoms with Crippen molar-refractivity contribution in [3.63, 3.8) is 0 Å². The second-order valence-corrected chi connectivity index (χ2v) is 7.12. The SMILES string of the molecule is CCCCCCCCCCCC(CC)OC(=O)c1cc(F)c(F)c(OC)c1F. The van der Waals surface area contributed by atoms with Crippen LogP contribution in [0.4, 0.5) is 13.2 Å². The minimum absolute atomic E-state index is 0.379. The Hall–Kier alpha value is -1.72. The van der Waals surface area contributed by atoms with Crippen LogP contribution in [0.2, 0.25) is 0 Å². The molecule has 0 saturated carbocycles. The molecule has 0 aliphatic carbocycles. The van der Waals surface area contributed by atoms with Crippen LogP contribution in [0, 0.1) is 17.5 Å². The smallest absolute Gasteiger partial charge is 0.341 e. The van der Waals surface area contributed by atoms with Crippen molar-refractivity contribution in [1.29, 1.82) is 0 Å². The maximum absolute atomic E-state index is 14.2. The van der Waals surface area contributed by atoms with Crippen molar-refractivity contribution in [1.82, 2.24) is 0 Å². The van der Waals surface area contributed by atoms with Crippen LogP contribution in [0.15, 0.2) is 6.07 Å². The van der Waals surface area contributed by atoms with Crippen LogP contribution in [0.1, 0.15) is 94.8 Å². The molecule has 1 atom stereocenters. The zero-order chi connectivity index (χ0) is 20.9. The highest BCUT2D eigenvalue weighted by molar-refractivity contribution is 5.90. The zero-order valence-electron chi connectivity index (χ0n) is 17.3. The molecule has 0 aliphatic heterocycles. The van der Waals surface area contributed by atoms with Crippen molar-refractivity contribution in [2.24, 2.45) is 0 Å².